The molecule has 0 aliphatic carbocycles. The summed E-state index contributed by atoms with van der Waals surface area (Å²) >= 11 is 1.75. The number of likely N-dealkylation sites (tertiary alicyclic amines) is 1. The molecule has 1 fully saturated rings. The van der Waals surface area contributed by atoms with E-state index in [0.717, 1.165) is 32.0 Å². The van der Waals surface area contributed by atoms with Crippen LogP contribution in [0.5, 0.6) is 0 Å². The molecular formula is C16H25N5OS. The van der Waals surface area contributed by atoms with Crippen molar-refractivity contribution in [2.45, 2.75) is 52.2 Å². The molecule has 0 aromatic carbocycles. The smallest absolute Gasteiger partial charge is 0.223 e. The highest BCUT2D eigenvalue weighted by Crippen LogP contribution is 2.20. The van der Waals surface area contributed by atoms with Crippen LogP contribution in [-0.4, -0.2) is 50.6 Å². The zero-order valence-corrected chi connectivity index (χ0v) is 14.8. The van der Waals surface area contributed by atoms with Crippen molar-refractivity contribution in [2.24, 2.45) is 0 Å². The Balaban J connectivity index is 1.55. The van der Waals surface area contributed by atoms with E-state index < -0.39 is 0 Å². The van der Waals surface area contributed by atoms with Crippen molar-refractivity contribution in [1.29, 1.82) is 0 Å². The fourth-order valence-corrected chi connectivity index (χ4v) is 3.92. The Labute approximate surface area is 141 Å². The molecule has 0 radical (unpaired) electrons. The van der Waals surface area contributed by atoms with Gasteiger partial charge in [0, 0.05) is 37.1 Å². The number of hydrogen-bond acceptors (Lipinski definition) is 7. The van der Waals surface area contributed by atoms with Crippen LogP contribution in [0.25, 0.3) is 0 Å². The Bertz CT molecular complexity index is 585. The van der Waals surface area contributed by atoms with Crippen molar-refractivity contribution in [2.75, 3.05) is 19.6 Å². The van der Waals surface area contributed by atoms with Gasteiger partial charge in [0.25, 0.3) is 0 Å². The molecule has 1 atom stereocenters. The van der Waals surface area contributed by atoms with Crippen LogP contribution in [0.4, 0.5) is 0 Å². The lowest BCUT2D eigenvalue weighted by Gasteiger charge is -2.28. The van der Waals surface area contributed by atoms with Gasteiger partial charge in [0.15, 0.2) is 5.82 Å². The minimum absolute atomic E-state index is 0.602. The van der Waals surface area contributed by atoms with E-state index in [9.17, 15) is 0 Å². The quantitative estimate of drug-likeness (QED) is 0.809. The van der Waals surface area contributed by atoms with Crippen LogP contribution in [0.15, 0.2) is 16.2 Å². The maximum atomic E-state index is 5.10. The van der Waals surface area contributed by atoms with Gasteiger partial charge in [0.05, 0.1) is 12.1 Å². The summed E-state index contributed by atoms with van der Waals surface area (Å²) in [5, 5.41) is 4.04. The van der Waals surface area contributed by atoms with E-state index in [2.05, 4.69) is 31.8 Å². The molecule has 6 nitrogen and oxygen atoms in total. The number of aryl methyl sites for hydroxylation is 1. The van der Waals surface area contributed by atoms with E-state index in [4.69, 9.17) is 4.52 Å². The molecule has 0 N–H and O–H groups in total. The van der Waals surface area contributed by atoms with Crippen molar-refractivity contribution in [1.82, 2.24) is 24.9 Å². The number of hydrogen-bond donors (Lipinski definition) is 0. The van der Waals surface area contributed by atoms with Crippen molar-refractivity contribution in [3.63, 3.8) is 0 Å². The number of rotatable bonds is 6. The molecule has 0 bridgehead atoms. The average Bonchev–Trinajstić information content (AvgIpc) is 3.14. The normalized spacial score (nSPS) is 20.0. The Kier molecular flexibility index (Phi) is 5.75. The molecular weight excluding hydrogens is 310 g/mol. The van der Waals surface area contributed by atoms with Gasteiger partial charge in [0.1, 0.15) is 0 Å². The summed E-state index contributed by atoms with van der Waals surface area (Å²) in [5.41, 5.74) is 1.92. The number of thiazole rings is 1. The third-order valence-electron chi connectivity index (χ3n) is 4.49. The Morgan fingerprint density at radius 2 is 2.30 bits per heavy atom. The second kappa shape index (κ2) is 7.99. The van der Waals surface area contributed by atoms with Crippen LogP contribution >= 0.6 is 11.3 Å². The predicted molar refractivity (Wildman–Crippen MR) is 90.1 cm³/mol. The van der Waals surface area contributed by atoms with Gasteiger partial charge in [-0.25, -0.2) is 0 Å². The first-order valence-electron chi connectivity index (χ1n) is 8.37. The maximum Gasteiger partial charge on any atom is 0.223 e. The molecule has 3 heterocycles. The van der Waals surface area contributed by atoms with Gasteiger partial charge >= 0.3 is 0 Å². The minimum Gasteiger partial charge on any atom is -0.340 e. The van der Waals surface area contributed by atoms with Gasteiger partial charge in [-0.1, -0.05) is 12.1 Å². The summed E-state index contributed by atoms with van der Waals surface area (Å²) in [6.45, 7) is 9.22. The monoisotopic (exact) mass is 335 g/mol. The van der Waals surface area contributed by atoms with E-state index in [1.807, 2.05) is 18.6 Å². The molecule has 126 valence electrons. The van der Waals surface area contributed by atoms with E-state index in [-0.39, 0.29) is 0 Å². The number of nitrogens with zero attached hydrogens (tertiary/aromatic N) is 5. The second-order valence-corrected chi connectivity index (χ2v) is 7.09. The molecule has 0 spiro atoms. The van der Waals surface area contributed by atoms with E-state index in [1.54, 1.807) is 11.3 Å². The lowest BCUT2D eigenvalue weighted by Crippen LogP contribution is -2.36. The highest BCUT2D eigenvalue weighted by atomic mass is 32.1. The Morgan fingerprint density at radius 3 is 3.00 bits per heavy atom. The van der Waals surface area contributed by atoms with Crippen LogP contribution in [0.1, 0.15) is 42.8 Å². The summed E-state index contributed by atoms with van der Waals surface area (Å²) in [6, 6.07) is 0.602. The van der Waals surface area contributed by atoms with Crippen molar-refractivity contribution in [3.8, 4) is 0 Å². The fourth-order valence-electron chi connectivity index (χ4n) is 3.29. The molecule has 7 heteroatoms. The topological polar surface area (TPSA) is 58.3 Å². The van der Waals surface area contributed by atoms with Crippen LogP contribution in [0, 0.1) is 6.92 Å². The molecule has 0 unspecified atom stereocenters. The van der Waals surface area contributed by atoms with Crippen molar-refractivity contribution < 1.29 is 4.52 Å². The van der Waals surface area contributed by atoms with Gasteiger partial charge < -0.3 is 4.52 Å². The lowest BCUT2D eigenvalue weighted by molar-refractivity contribution is 0.170. The molecule has 1 aliphatic heterocycles. The molecule has 0 amide bonds. The van der Waals surface area contributed by atoms with Crippen LogP contribution in [0.2, 0.25) is 0 Å². The third kappa shape index (κ3) is 4.59. The first-order chi connectivity index (χ1) is 11.2. The fraction of sp³-hybridized carbons (Fsp3) is 0.688. The van der Waals surface area contributed by atoms with Crippen LogP contribution in [0.3, 0.4) is 0 Å². The molecule has 2 aromatic heterocycles. The van der Waals surface area contributed by atoms with Gasteiger partial charge in [-0.15, -0.1) is 11.3 Å². The standard InChI is InChI=1S/C16H25N5OS/c1-3-21(11-16-18-13(2)22-19-16)14-5-4-7-20(8-6-14)10-15-9-17-12-23-15/h9,12,14H,3-8,10-11H2,1-2H3/t14-/m0/s1. The van der Waals surface area contributed by atoms with Crippen LogP contribution in [-0.2, 0) is 13.1 Å². The second-order valence-electron chi connectivity index (χ2n) is 6.12. The largest absolute Gasteiger partial charge is 0.340 e. The first kappa shape index (κ1) is 16.5. The molecule has 2 aromatic rings. The molecule has 23 heavy (non-hydrogen) atoms. The van der Waals surface area contributed by atoms with Crippen molar-refractivity contribution >= 4 is 11.3 Å². The van der Waals surface area contributed by atoms with Gasteiger partial charge in [-0.05, 0) is 32.4 Å². The average molecular weight is 335 g/mol. The SMILES string of the molecule is CCN(Cc1noc(C)n1)[C@H]1CCCN(Cc2cncs2)CC1. The van der Waals surface area contributed by atoms with E-state index in [0.29, 0.717) is 11.9 Å². The van der Waals surface area contributed by atoms with E-state index in [1.165, 1.54) is 30.7 Å². The number of aromatic nitrogens is 3. The summed E-state index contributed by atoms with van der Waals surface area (Å²) in [5.74, 6) is 1.45. The maximum absolute atomic E-state index is 5.10. The zero-order chi connectivity index (χ0) is 16.1. The molecule has 3 rings (SSSR count). The third-order valence-corrected chi connectivity index (χ3v) is 5.25. The predicted octanol–water partition coefficient (Wildman–Crippen LogP) is 2.71. The minimum atomic E-state index is 0.602. The summed E-state index contributed by atoms with van der Waals surface area (Å²) in [6.07, 6.45) is 5.67. The van der Waals surface area contributed by atoms with Gasteiger partial charge in [0.2, 0.25) is 5.89 Å². The van der Waals surface area contributed by atoms with Gasteiger partial charge in [-0.3, -0.25) is 14.8 Å². The van der Waals surface area contributed by atoms with Crippen LogP contribution < -0.4 is 0 Å². The van der Waals surface area contributed by atoms with Crippen molar-refractivity contribution in [3.05, 3.63) is 28.3 Å². The zero-order valence-electron chi connectivity index (χ0n) is 13.9. The highest BCUT2D eigenvalue weighted by molar-refractivity contribution is 7.09. The van der Waals surface area contributed by atoms with E-state index >= 15 is 0 Å². The Hall–Kier alpha value is -1.31. The molecule has 1 aliphatic rings. The molecule has 0 saturated carbocycles. The summed E-state index contributed by atoms with van der Waals surface area (Å²) in [7, 11) is 0. The first-order valence-corrected chi connectivity index (χ1v) is 9.25. The molecule has 1 saturated heterocycles. The summed E-state index contributed by atoms with van der Waals surface area (Å²) in [4.78, 5) is 14.9. The Morgan fingerprint density at radius 1 is 1.39 bits per heavy atom. The summed E-state index contributed by atoms with van der Waals surface area (Å²) < 4.78 is 5.10. The highest BCUT2D eigenvalue weighted by Gasteiger charge is 2.23. The lowest BCUT2D eigenvalue weighted by atomic mass is 10.1. The van der Waals surface area contributed by atoms with Gasteiger partial charge in [-0.2, -0.15) is 4.98 Å².